The zero-order chi connectivity index (χ0) is 41.4. The number of likely N-dealkylation sites (tertiary alicyclic amines) is 2. The molecular formula is C41H51ClN4O10. The number of aliphatic carboxylic acids is 1. The lowest BCUT2D eigenvalue weighted by molar-refractivity contribution is -0.141. The van der Waals surface area contributed by atoms with Crippen molar-refractivity contribution >= 4 is 52.7 Å². The van der Waals surface area contributed by atoms with Crippen molar-refractivity contribution in [1.29, 1.82) is 0 Å². The van der Waals surface area contributed by atoms with Gasteiger partial charge in [-0.15, -0.1) is 13.2 Å². The van der Waals surface area contributed by atoms with Crippen LogP contribution in [0.25, 0.3) is 0 Å². The zero-order valence-corrected chi connectivity index (χ0v) is 32.8. The van der Waals surface area contributed by atoms with Crippen LogP contribution in [-0.2, 0) is 46.3 Å². The maximum Gasteiger partial charge on any atom is 0.416 e. The maximum absolute atomic E-state index is 12.8. The lowest BCUT2D eigenvalue weighted by atomic mass is 10.00. The van der Waals surface area contributed by atoms with Crippen LogP contribution >= 0.6 is 11.6 Å². The number of carbonyl (C=O) groups is 7. The molecule has 14 nitrogen and oxygen atoms in total. The Morgan fingerprint density at radius 2 is 1.29 bits per heavy atom. The molecular weight excluding hydrogens is 744 g/mol. The summed E-state index contributed by atoms with van der Waals surface area (Å²) < 4.78 is 9.87. The van der Waals surface area contributed by atoms with E-state index in [1.54, 1.807) is 37.8 Å². The van der Waals surface area contributed by atoms with Gasteiger partial charge in [-0.25, -0.2) is 14.5 Å². The summed E-state index contributed by atoms with van der Waals surface area (Å²) in [7, 11) is 0. The van der Waals surface area contributed by atoms with Gasteiger partial charge in [0, 0.05) is 44.4 Å². The fraction of sp³-hybridized carbons (Fsp3) is 0.439. The summed E-state index contributed by atoms with van der Waals surface area (Å²) in [6, 6.07) is 19.5. The Morgan fingerprint density at radius 3 is 1.71 bits per heavy atom. The fourth-order valence-electron chi connectivity index (χ4n) is 5.94. The highest BCUT2D eigenvalue weighted by Gasteiger charge is 2.44. The number of nitrogens with zero attached hydrogens (tertiary/aromatic N) is 3. The molecule has 2 aromatic rings. The molecule has 4 atom stereocenters. The standard InChI is InChI=1S/C18H20N2O4.C10H11NO2.C8H11NO3.C5H9ClO/c1-2-8-19-11-14(10-16(19)21)17(22)20-15(12-24-18(20)23)9-13-6-4-3-5-7-13;12-10-11-9(7-13-10)6-8-4-2-1-3-5-8;1-2-3-9-5-6(8(11)12)4-7(9)10;1-5(2,3)4(6)7/h2-7,14-15H,1,8-12H2;1-5,9H,6-7H2,(H,11,12);2,6H,1,3-5H2,(H,11,12);1-3H3/t14?,15-;9-;;/m00../s1. The highest BCUT2D eigenvalue weighted by molar-refractivity contribution is 6.64. The normalized spacial score (nSPS) is 21.2. The molecule has 0 bridgehead atoms. The van der Waals surface area contributed by atoms with Crippen LogP contribution in [-0.4, -0.2) is 112 Å². The average Bonchev–Trinajstić information content (AvgIpc) is 3.93. The molecule has 0 spiro atoms. The van der Waals surface area contributed by atoms with Crippen LogP contribution in [0.1, 0.15) is 44.7 Å². The first-order valence-corrected chi connectivity index (χ1v) is 18.6. The molecule has 2 unspecified atom stereocenters. The van der Waals surface area contributed by atoms with Gasteiger partial charge in [-0.2, -0.15) is 0 Å². The summed E-state index contributed by atoms with van der Waals surface area (Å²) in [6.45, 7) is 14.6. The van der Waals surface area contributed by atoms with Gasteiger partial charge < -0.3 is 29.7 Å². The Morgan fingerprint density at radius 1 is 0.804 bits per heavy atom. The van der Waals surface area contributed by atoms with Crippen molar-refractivity contribution in [2.75, 3.05) is 39.4 Å². The highest BCUT2D eigenvalue weighted by Crippen LogP contribution is 2.25. The summed E-state index contributed by atoms with van der Waals surface area (Å²) >= 11 is 5.11. The lowest BCUT2D eigenvalue weighted by Gasteiger charge is -2.22. The highest BCUT2D eigenvalue weighted by atomic mass is 35.5. The number of alkyl carbamates (subject to hydrolysis) is 1. The molecule has 4 saturated heterocycles. The van der Waals surface area contributed by atoms with Crippen molar-refractivity contribution in [2.45, 2.75) is 58.5 Å². The van der Waals surface area contributed by atoms with Gasteiger partial charge in [0.25, 0.3) is 0 Å². The predicted molar refractivity (Wildman–Crippen MR) is 208 cm³/mol. The number of hydrogen-bond acceptors (Lipinski definition) is 9. The molecule has 4 fully saturated rings. The Kier molecular flexibility index (Phi) is 17.3. The van der Waals surface area contributed by atoms with E-state index in [4.69, 9.17) is 26.2 Å². The van der Waals surface area contributed by atoms with E-state index in [0.29, 0.717) is 39.2 Å². The smallest absolute Gasteiger partial charge is 0.416 e. The first kappa shape index (κ1) is 44.9. The molecule has 0 aromatic heterocycles. The number of amides is 5. The van der Waals surface area contributed by atoms with Crippen LogP contribution < -0.4 is 5.32 Å². The lowest BCUT2D eigenvalue weighted by Crippen LogP contribution is -2.44. The number of halogens is 1. The van der Waals surface area contributed by atoms with Crippen molar-refractivity contribution in [1.82, 2.24) is 20.0 Å². The monoisotopic (exact) mass is 794 g/mol. The van der Waals surface area contributed by atoms with E-state index in [9.17, 15) is 33.6 Å². The summed E-state index contributed by atoms with van der Waals surface area (Å²) in [5.41, 5.74) is 1.88. The first-order chi connectivity index (χ1) is 26.5. The molecule has 0 radical (unpaired) electrons. The number of imide groups is 1. The Balaban J connectivity index is 0.000000222. The van der Waals surface area contributed by atoms with Gasteiger partial charge in [-0.05, 0) is 35.6 Å². The third-order valence-electron chi connectivity index (χ3n) is 8.99. The second kappa shape index (κ2) is 21.6. The van der Waals surface area contributed by atoms with Crippen LogP contribution in [0.2, 0.25) is 0 Å². The number of ether oxygens (including phenoxy) is 2. The minimum Gasteiger partial charge on any atom is -0.481 e. The van der Waals surface area contributed by atoms with Crippen LogP contribution in [0.4, 0.5) is 9.59 Å². The fourth-order valence-corrected chi connectivity index (χ4v) is 5.94. The predicted octanol–water partition coefficient (Wildman–Crippen LogP) is 4.85. The third kappa shape index (κ3) is 14.0. The number of carboxylic acids is 1. The molecule has 6 rings (SSSR count). The van der Waals surface area contributed by atoms with Gasteiger partial charge in [0.15, 0.2) is 0 Å². The summed E-state index contributed by atoms with van der Waals surface area (Å²) in [4.78, 5) is 83.6. The number of hydrogen-bond donors (Lipinski definition) is 2. The largest absolute Gasteiger partial charge is 0.481 e. The molecule has 0 aliphatic carbocycles. The molecule has 2 aromatic carbocycles. The molecule has 4 aliphatic rings. The average molecular weight is 795 g/mol. The van der Waals surface area contributed by atoms with E-state index in [1.165, 1.54) is 15.4 Å². The van der Waals surface area contributed by atoms with Crippen molar-refractivity contribution in [3.63, 3.8) is 0 Å². The van der Waals surface area contributed by atoms with Crippen molar-refractivity contribution in [2.24, 2.45) is 17.3 Å². The van der Waals surface area contributed by atoms with E-state index in [0.717, 1.165) is 12.0 Å². The minimum absolute atomic E-state index is 0.0829. The molecule has 56 heavy (non-hydrogen) atoms. The van der Waals surface area contributed by atoms with Crippen LogP contribution in [0, 0.1) is 17.3 Å². The zero-order valence-electron chi connectivity index (χ0n) is 32.1. The molecule has 15 heteroatoms. The van der Waals surface area contributed by atoms with Gasteiger partial charge in [-0.1, -0.05) is 93.6 Å². The number of carbonyl (C=O) groups excluding carboxylic acids is 6. The quantitative estimate of drug-likeness (QED) is 0.249. The Labute approximate surface area is 332 Å². The van der Waals surface area contributed by atoms with E-state index in [2.05, 4.69) is 18.5 Å². The summed E-state index contributed by atoms with van der Waals surface area (Å²) in [5.74, 6) is -2.42. The number of rotatable bonds is 10. The van der Waals surface area contributed by atoms with E-state index < -0.39 is 23.9 Å². The topological polar surface area (TPSA) is 180 Å². The van der Waals surface area contributed by atoms with Gasteiger partial charge in [0.1, 0.15) is 13.2 Å². The maximum atomic E-state index is 12.8. The number of cyclic esters (lactones) is 2. The summed E-state index contributed by atoms with van der Waals surface area (Å²) in [6.07, 6.45) is 3.96. The van der Waals surface area contributed by atoms with Crippen molar-refractivity contribution in [3.8, 4) is 0 Å². The third-order valence-corrected chi connectivity index (χ3v) is 9.56. The number of carboxylic acid groups (broad SMARTS) is 1. The molecule has 302 valence electrons. The van der Waals surface area contributed by atoms with Crippen LogP contribution in [0.3, 0.4) is 0 Å². The summed E-state index contributed by atoms with van der Waals surface area (Å²) in [5, 5.41) is 11.1. The van der Waals surface area contributed by atoms with Gasteiger partial charge in [0.05, 0.1) is 23.9 Å². The van der Waals surface area contributed by atoms with E-state index in [1.807, 2.05) is 60.7 Å². The Hall–Kier alpha value is -5.50. The molecule has 4 aliphatic heterocycles. The number of nitrogens with one attached hydrogen (secondary N) is 1. The molecule has 5 amide bonds. The van der Waals surface area contributed by atoms with Crippen LogP contribution in [0.15, 0.2) is 86.0 Å². The van der Waals surface area contributed by atoms with Crippen LogP contribution in [0.5, 0.6) is 0 Å². The molecule has 2 N–H and O–H groups in total. The second-order valence-electron chi connectivity index (χ2n) is 14.6. The van der Waals surface area contributed by atoms with E-state index >= 15 is 0 Å². The van der Waals surface area contributed by atoms with E-state index in [-0.39, 0.29) is 66.0 Å². The molecule has 4 heterocycles. The first-order valence-electron chi connectivity index (χ1n) is 18.2. The van der Waals surface area contributed by atoms with Crippen molar-refractivity contribution < 1.29 is 48.1 Å². The van der Waals surface area contributed by atoms with Gasteiger partial charge in [-0.3, -0.25) is 24.0 Å². The molecule has 0 saturated carbocycles. The second-order valence-corrected chi connectivity index (χ2v) is 14.9. The Bertz CT molecular complexity index is 1720. The minimum atomic E-state index is -0.894. The van der Waals surface area contributed by atoms with Crippen molar-refractivity contribution in [3.05, 3.63) is 97.1 Å². The van der Waals surface area contributed by atoms with Gasteiger partial charge in [0.2, 0.25) is 23.0 Å². The SMILES string of the molecule is C=CCN1CC(C(=O)N2C(=O)OC[C@@H]2Cc2ccccc2)CC1=O.C=CCN1CC(C(=O)O)CC1=O.CC(C)(C)C(=O)Cl.O=C1N[C@@H](Cc2ccccc2)CO1. The number of benzene rings is 2. The van der Waals surface area contributed by atoms with Gasteiger partial charge >= 0.3 is 18.2 Å².